The van der Waals surface area contributed by atoms with Crippen molar-refractivity contribution in [2.75, 3.05) is 23.7 Å². The molecule has 2 aromatic carbocycles. The minimum absolute atomic E-state index is 0.174. The molecule has 35 heavy (non-hydrogen) atoms. The van der Waals surface area contributed by atoms with Crippen molar-refractivity contribution < 1.29 is 9.59 Å². The van der Waals surface area contributed by atoms with Gasteiger partial charge in [0, 0.05) is 47.9 Å². The molecule has 0 spiro atoms. The molecule has 0 radical (unpaired) electrons. The van der Waals surface area contributed by atoms with Crippen LogP contribution >= 0.6 is 27.5 Å². The number of carbonyl (C=O) groups is 2. The van der Waals surface area contributed by atoms with Crippen molar-refractivity contribution in [1.82, 2.24) is 19.9 Å². The van der Waals surface area contributed by atoms with E-state index in [0.29, 0.717) is 35.0 Å². The fourth-order valence-corrected chi connectivity index (χ4v) is 4.16. The molecule has 8 nitrogen and oxygen atoms in total. The van der Waals surface area contributed by atoms with Gasteiger partial charge in [-0.25, -0.2) is 4.98 Å². The number of halogens is 2. The van der Waals surface area contributed by atoms with E-state index in [9.17, 15) is 9.59 Å². The van der Waals surface area contributed by atoms with E-state index in [4.69, 9.17) is 16.6 Å². The lowest BCUT2D eigenvalue weighted by atomic mass is 10.1. The van der Waals surface area contributed by atoms with E-state index in [0.717, 1.165) is 34.4 Å². The minimum Gasteiger partial charge on any atom is -0.370 e. The number of hydrogen-bond donors (Lipinski definition) is 3. The Kier molecular flexibility index (Phi) is 7.99. The van der Waals surface area contributed by atoms with Gasteiger partial charge < -0.3 is 16.0 Å². The number of anilines is 2. The maximum atomic E-state index is 12.4. The fraction of sp³-hybridized carbons (Fsp3) is 0.200. The van der Waals surface area contributed by atoms with Gasteiger partial charge in [-0.1, -0.05) is 35.9 Å². The molecule has 0 saturated carbocycles. The van der Waals surface area contributed by atoms with Crippen molar-refractivity contribution in [3.63, 3.8) is 0 Å². The SMILES string of the molecule is CC(=O)Nc1cccc(C(=O)NCCCCNc2cc(-c3ccccc3Cl)nc3c(Br)cnn23)c1. The van der Waals surface area contributed by atoms with Crippen molar-refractivity contribution in [3.05, 3.63) is 75.9 Å². The molecule has 0 aliphatic carbocycles. The van der Waals surface area contributed by atoms with Gasteiger partial charge in [0.1, 0.15) is 5.82 Å². The van der Waals surface area contributed by atoms with Gasteiger partial charge in [0.05, 0.1) is 16.4 Å². The third kappa shape index (κ3) is 6.17. The van der Waals surface area contributed by atoms with Crippen LogP contribution in [0.4, 0.5) is 11.5 Å². The zero-order valence-electron chi connectivity index (χ0n) is 19.0. The quantitative estimate of drug-likeness (QED) is 0.240. The molecule has 10 heteroatoms. The summed E-state index contributed by atoms with van der Waals surface area (Å²) >= 11 is 9.90. The molecule has 0 atom stereocenters. The summed E-state index contributed by atoms with van der Waals surface area (Å²) in [5, 5.41) is 14.1. The molecule has 3 N–H and O–H groups in total. The van der Waals surface area contributed by atoms with Crippen LogP contribution in [0, 0.1) is 0 Å². The summed E-state index contributed by atoms with van der Waals surface area (Å²) in [6.45, 7) is 2.65. The lowest BCUT2D eigenvalue weighted by Crippen LogP contribution is -2.25. The van der Waals surface area contributed by atoms with Crippen LogP contribution in [-0.4, -0.2) is 39.5 Å². The third-order valence-corrected chi connectivity index (χ3v) is 6.11. The predicted molar refractivity (Wildman–Crippen MR) is 142 cm³/mol. The lowest BCUT2D eigenvalue weighted by molar-refractivity contribution is -0.114. The first kappa shape index (κ1) is 24.7. The number of unbranched alkanes of at least 4 members (excludes halogenated alkanes) is 1. The van der Waals surface area contributed by atoms with Crippen molar-refractivity contribution in [2.24, 2.45) is 0 Å². The van der Waals surface area contributed by atoms with Crippen LogP contribution in [0.2, 0.25) is 5.02 Å². The molecule has 0 bridgehead atoms. The summed E-state index contributed by atoms with van der Waals surface area (Å²) in [4.78, 5) is 28.3. The van der Waals surface area contributed by atoms with E-state index in [1.807, 2.05) is 30.3 Å². The number of rotatable bonds is 9. The maximum absolute atomic E-state index is 12.4. The van der Waals surface area contributed by atoms with Crippen molar-refractivity contribution in [3.8, 4) is 11.3 Å². The van der Waals surface area contributed by atoms with Gasteiger partial charge in [0.25, 0.3) is 5.91 Å². The number of aromatic nitrogens is 3. The molecule has 2 heterocycles. The number of fused-ring (bicyclic) bond motifs is 1. The summed E-state index contributed by atoms with van der Waals surface area (Å²) in [5.41, 5.74) is 3.39. The van der Waals surface area contributed by atoms with Gasteiger partial charge in [0.15, 0.2) is 5.65 Å². The first-order valence-corrected chi connectivity index (χ1v) is 12.3. The van der Waals surface area contributed by atoms with Crippen LogP contribution in [0.5, 0.6) is 0 Å². The van der Waals surface area contributed by atoms with Crippen LogP contribution in [-0.2, 0) is 4.79 Å². The summed E-state index contributed by atoms with van der Waals surface area (Å²) in [7, 11) is 0. The zero-order valence-corrected chi connectivity index (χ0v) is 21.4. The highest BCUT2D eigenvalue weighted by molar-refractivity contribution is 9.10. The van der Waals surface area contributed by atoms with E-state index in [1.165, 1.54) is 6.92 Å². The molecule has 0 aliphatic heterocycles. The summed E-state index contributed by atoms with van der Waals surface area (Å²) < 4.78 is 2.54. The molecule has 0 saturated heterocycles. The van der Waals surface area contributed by atoms with Crippen LogP contribution in [0.25, 0.3) is 16.9 Å². The zero-order chi connectivity index (χ0) is 24.8. The van der Waals surface area contributed by atoms with E-state index < -0.39 is 0 Å². The van der Waals surface area contributed by atoms with Crippen LogP contribution in [0.3, 0.4) is 0 Å². The molecule has 180 valence electrons. The number of amides is 2. The molecule has 0 aliphatic rings. The Balaban J connectivity index is 1.33. The van der Waals surface area contributed by atoms with Gasteiger partial charge in [-0.2, -0.15) is 9.61 Å². The summed E-state index contributed by atoms with van der Waals surface area (Å²) in [6, 6.07) is 16.4. The normalized spacial score (nSPS) is 10.8. The molecule has 0 fully saturated rings. The first-order chi connectivity index (χ1) is 16.9. The number of hydrogen-bond acceptors (Lipinski definition) is 5. The molecular formula is C25H24BrClN6O2. The smallest absolute Gasteiger partial charge is 0.251 e. The molecule has 2 amide bonds. The average molecular weight is 556 g/mol. The van der Waals surface area contributed by atoms with Crippen LogP contribution < -0.4 is 16.0 Å². The maximum Gasteiger partial charge on any atom is 0.251 e. The Labute approximate surface area is 216 Å². The number of carbonyl (C=O) groups excluding carboxylic acids is 2. The third-order valence-electron chi connectivity index (χ3n) is 5.22. The first-order valence-electron chi connectivity index (χ1n) is 11.1. The Morgan fingerprint density at radius 3 is 2.66 bits per heavy atom. The Hall–Kier alpha value is -3.43. The van der Waals surface area contributed by atoms with Gasteiger partial charge in [-0.05, 0) is 53.0 Å². The monoisotopic (exact) mass is 554 g/mol. The van der Waals surface area contributed by atoms with Crippen molar-refractivity contribution in [2.45, 2.75) is 19.8 Å². The van der Waals surface area contributed by atoms with E-state index >= 15 is 0 Å². The topological polar surface area (TPSA) is 100 Å². The van der Waals surface area contributed by atoms with Crippen molar-refractivity contribution >= 4 is 56.5 Å². The second-order valence-electron chi connectivity index (χ2n) is 7.89. The molecule has 2 aromatic heterocycles. The average Bonchev–Trinajstić information content (AvgIpc) is 3.22. The Morgan fingerprint density at radius 2 is 1.86 bits per heavy atom. The molecule has 4 rings (SSSR count). The van der Waals surface area contributed by atoms with Crippen LogP contribution in [0.15, 0.2) is 65.3 Å². The molecular weight excluding hydrogens is 532 g/mol. The highest BCUT2D eigenvalue weighted by atomic mass is 79.9. The fourth-order valence-electron chi connectivity index (χ4n) is 3.58. The minimum atomic E-state index is -0.178. The number of benzene rings is 2. The Morgan fingerprint density at radius 1 is 1.06 bits per heavy atom. The lowest BCUT2D eigenvalue weighted by Gasteiger charge is -2.12. The number of nitrogens with zero attached hydrogens (tertiary/aromatic N) is 3. The van der Waals surface area contributed by atoms with Gasteiger partial charge >= 0.3 is 0 Å². The van der Waals surface area contributed by atoms with Crippen molar-refractivity contribution in [1.29, 1.82) is 0 Å². The summed E-state index contributed by atoms with van der Waals surface area (Å²) in [5.74, 6) is 0.448. The predicted octanol–water partition coefficient (Wildman–Crippen LogP) is 5.39. The summed E-state index contributed by atoms with van der Waals surface area (Å²) in [6.07, 6.45) is 3.33. The Bertz CT molecular complexity index is 1370. The molecule has 0 unspecified atom stereocenters. The van der Waals surface area contributed by atoms with E-state index in [-0.39, 0.29) is 11.8 Å². The van der Waals surface area contributed by atoms with E-state index in [2.05, 4.69) is 37.0 Å². The van der Waals surface area contributed by atoms with Gasteiger partial charge in [-0.15, -0.1) is 0 Å². The van der Waals surface area contributed by atoms with E-state index in [1.54, 1.807) is 35.0 Å². The number of nitrogens with one attached hydrogen (secondary N) is 3. The van der Waals surface area contributed by atoms with Crippen LogP contribution in [0.1, 0.15) is 30.1 Å². The largest absolute Gasteiger partial charge is 0.370 e. The van der Waals surface area contributed by atoms with Gasteiger partial charge in [-0.3, -0.25) is 9.59 Å². The van der Waals surface area contributed by atoms with Gasteiger partial charge in [0.2, 0.25) is 5.91 Å². The highest BCUT2D eigenvalue weighted by Gasteiger charge is 2.13. The molecule has 4 aromatic rings. The second kappa shape index (κ2) is 11.3. The standard InChI is InChI=1S/C25H24BrClN6O2/c1-16(34)31-18-8-6-7-17(13-18)25(35)29-12-5-4-11-28-23-14-22(19-9-2-3-10-21(19)27)32-24-20(26)15-30-33(23)24/h2-3,6-10,13-15,28H,4-5,11-12H2,1H3,(H,29,35)(H,31,34). The second-order valence-corrected chi connectivity index (χ2v) is 9.15. The highest BCUT2D eigenvalue weighted by Crippen LogP contribution is 2.30.